The molecule has 0 spiro atoms. The van der Waals surface area contributed by atoms with Crippen molar-refractivity contribution >= 4 is 0 Å². The number of aryl methyl sites for hydroxylation is 1. The standard InChI is InChI=1S/C39H64O2/c1-9-10-11-12-13-14-15-16-17-18-19-20-21-22-23-24-25-34-26-28-35(29-27-34)36(30(2)3)37-33(6)38(40-7)31(4)32(5)39(37)41-8/h26-30,36H,9-25H2,1-8H3. The minimum atomic E-state index is 0.266. The third-order valence-corrected chi connectivity index (χ3v) is 9.28. The lowest BCUT2D eigenvalue weighted by molar-refractivity contribution is 0.384. The van der Waals surface area contributed by atoms with Crippen LogP contribution in [0.1, 0.15) is 163 Å². The van der Waals surface area contributed by atoms with Gasteiger partial charge in [-0.05, 0) is 67.3 Å². The average molecular weight is 565 g/mol. The van der Waals surface area contributed by atoms with Crippen molar-refractivity contribution in [3.63, 3.8) is 0 Å². The summed E-state index contributed by atoms with van der Waals surface area (Å²) in [6.45, 7) is 13.4. The van der Waals surface area contributed by atoms with Crippen molar-refractivity contribution in [2.45, 2.75) is 157 Å². The fourth-order valence-electron chi connectivity index (χ4n) is 6.71. The molecule has 2 aromatic carbocycles. The number of methoxy groups -OCH3 is 2. The second kappa shape index (κ2) is 20.0. The second-order valence-corrected chi connectivity index (χ2v) is 12.9. The van der Waals surface area contributed by atoms with Crippen LogP contribution in [-0.4, -0.2) is 14.2 Å². The molecule has 0 amide bonds. The number of unbranched alkanes of at least 4 members (excludes halogenated alkanes) is 15. The Hall–Kier alpha value is -1.96. The highest BCUT2D eigenvalue weighted by Crippen LogP contribution is 2.46. The highest BCUT2D eigenvalue weighted by Gasteiger charge is 2.28. The molecule has 0 radical (unpaired) electrons. The monoisotopic (exact) mass is 564 g/mol. The molecule has 0 saturated heterocycles. The summed E-state index contributed by atoms with van der Waals surface area (Å²) in [7, 11) is 3.58. The Balaban J connectivity index is 1.74. The van der Waals surface area contributed by atoms with Crippen molar-refractivity contribution in [2.75, 3.05) is 14.2 Å². The van der Waals surface area contributed by atoms with Crippen LogP contribution in [0.5, 0.6) is 11.5 Å². The molecule has 41 heavy (non-hydrogen) atoms. The fraction of sp³-hybridized carbons (Fsp3) is 0.692. The predicted octanol–water partition coefficient (Wildman–Crippen LogP) is 12.2. The molecule has 2 heteroatoms. The van der Waals surface area contributed by atoms with Crippen LogP contribution in [-0.2, 0) is 6.42 Å². The van der Waals surface area contributed by atoms with Crippen LogP contribution in [0.25, 0.3) is 0 Å². The Kier molecular flexibility index (Phi) is 17.2. The molecule has 1 unspecified atom stereocenters. The van der Waals surface area contributed by atoms with Crippen LogP contribution in [0, 0.1) is 26.7 Å². The molecule has 0 fully saturated rings. The van der Waals surface area contributed by atoms with Crippen LogP contribution in [0.2, 0.25) is 0 Å². The summed E-state index contributed by atoms with van der Waals surface area (Å²) in [5.74, 6) is 2.71. The zero-order chi connectivity index (χ0) is 30.0. The summed E-state index contributed by atoms with van der Waals surface area (Å²) >= 11 is 0. The van der Waals surface area contributed by atoms with E-state index >= 15 is 0 Å². The van der Waals surface area contributed by atoms with E-state index in [9.17, 15) is 0 Å². The van der Waals surface area contributed by atoms with E-state index in [4.69, 9.17) is 9.47 Å². The normalized spacial score (nSPS) is 12.2. The zero-order valence-corrected chi connectivity index (χ0v) is 28.3. The van der Waals surface area contributed by atoms with Crippen molar-refractivity contribution in [2.24, 2.45) is 5.92 Å². The van der Waals surface area contributed by atoms with Crippen LogP contribution in [0.15, 0.2) is 24.3 Å². The molecular formula is C39H64O2. The van der Waals surface area contributed by atoms with Gasteiger partial charge in [0.2, 0.25) is 0 Å². The maximum absolute atomic E-state index is 6.00. The van der Waals surface area contributed by atoms with Gasteiger partial charge in [0.25, 0.3) is 0 Å². The van der Waals surface area contributed by atoms with Crippen LogP contribution < -0.4 is 9.47 Å². The first-order chi connectivity index (χ1) is 19.9. The van der Waals surface area contributed by atoms with Crippen LogP contribution in [0.4, 0.5) is 0 Å². The molecule has 2 nitrogen and oxygen atoms in total. The van der Waals surface area contributed by atoms with Gasteiger partial charge >= 0.3 is 0 Å². The van der Waals surface area contributed by atoms with Crippen molar-refractivity contribution in [3.05, 3.63) is 57.6 Å². The Morgan fingerprint density at radius 1 is 0.537 bits per heavy atom. The molecule has 2 rings (SSSR count). The predicted molar refractivity (Wildman–Crippen MR) is 180 cm³/mol. The van der Waals surface area contributed by atoms with Gasteiger partial charge in [-0.25, -0.2) is 0 Å². The van der Waals surface area contributed by atoms with Gasteiger partial charge in [0.15, 0.2) is 0 Å². The van der Waals surface area contributed by atoms with Gasteiger partial charge < -0.3 is 9.47 Å². The molecular weight excluding hydrogens is 500 g/mol. The van der Waals surface area contributed by atoms with E-state index in [1.165, 1.54) is 143 Å². The maximum atomic E-state index is 6.00. The van der Waals surface area contributed by atoms with E-state index in [1.807, 2.05) is 0 Å². The lowest BCUT2D eigenvalue weighted by Gasteiger charge is -2.29. The molecule has 0 N–H and O–H groups in total. The average Bonchev–Trinajstić information content (AvgIpc) is 2.96. The lowest BCUT2D eigenvalue weighted by atomic mass is 9.78. The highest BCUT2D eigenvalue weighted by atomic mass is 16.5. The number of hydrogen-bond acceptors (Lipinski definition) is 2. The fourth-order valence-corrected chi connectivity index (χ4v) is 6.71. The lowest BCUT2D eigenvalue weighted by Crippen LogP contribution is -2.14. The van der Waals surface area contributed by atoms with E-state index in [1.54, 1.807) is 14.2 Å². The molecule has 0 aromatic heterocycles. The van der Waals surface area contributed by atoms with Gasteiger partial charge in [-0.1, -0.05) is 141 Å². The molecule has 232 valence electrons. The highest BCUT2D eigenvalue weighted by molar-refractivity contribution is 5.61. The minimum Gasteiger partial charge on any atom is -0.496 e. The number of benzene rings is 2. The molecule has 0 aliphatic heterocycles. The summed E-state index contributed by atoms with van der Waals surface area (Å²) in [6.07, 6.45) is 23.9. The van der Waals surface area contributed by atoms with E-state index in [2.05, 4.69) is 65.8 Å². The van der Waals surface area contributed by atoms with Gasteiger partial charge in [0.1, 0.15) is 11.5 Å². The summed E-state index contributed by atoms with van der Waals surface area (Å²) in [4.78, 5) is 0. The molecule has 0 aliphatic carbocycles. The van der Waals surface area contributed by atoms with Crippen molar-refractivity contribution in [3.8, 4) is 11.5 Å². The zero-order valence-electron chi connectivity index (χ0n) is 28.3. The third kappa shape index (κ3) is 11.3. The third-order valence-electron chi connectivity index (χ3n) is 9.28. The Labute approximate surface area is 255 Å². The first kappa shape index (κ1) is 35.2. The molecule has 0 saturated carbocycles. The molecule has 1 atom stereocenters. The second-order valence-electron chi connectivity index (χ2n) is 12.9. The van der Waals surface area contributed by atoms with Crippen molar-refractivity contribution in [1.82, 2.24) is 0 Å². The Morgan fingerprint density at radius 3 is 1.37 bits per heavy atom. The Morgan fingerprint density at radius 2 is 0.951 bits per heavy atom. The maximum Gasteiger partial charge on any atom is 0.126 e. The minimum absolute atomic E-state index is 0.266. The molecule has 0 aliphatic rings. The summed E-state index contributed by atoms with van der Waals surface area (Å²) in [5, 5.41) is 0. The van der Waals surface area contributed by atoms with E-state index in [-0.39, 0.29) is 5.92 Å². The summed E-state index contributed by atoms with van der Waals surface area (Å²) < 4.78 is 11.8. The number of ether oxygens (including phenoxy) is 2. The number of hydrogen-bond donors (Lipinski definition) is 0. The quantitative estimate of drug-likeness (QED) is 0.132. The van der Waals surface area contributed by atoms with Gasteiger partial charge in [0, 0.05) is 11.5 Å². The SMILES string of the molecule is CCCCCCCCCCCCCCCCCCc1ccc(C(c2c(C)c(OC)c(C)c(C)c2OC)C(C)C)cc1. The molecule has 2 aromatic rings. The van der Waals surface area contributed by atoms with Gasteiger partial charge in [-0.2, -0.15) is 0 Å². The van der Waals surface area contributed by atoms with Gasteiger partial charge in [-0.3, -0.25) is 0 Å². The topological polar surface area (TPSA) is 18.5 Å². The Bertz CT molecular complexity index is 972. The largest absolute Gasteiger partial charge is 0.496 e. The van der Waals surface area contributed by atoms with Crippen molar-refractivity contribution in [1.29, 1.82) is 0 Å². The number of rotatable bonds is 22. The van der Waals surface area contributed by atoms with Gasteiger partial charge in [-0.15, -0.1) is 0 Å². The summed E-state index contributed by atoms with van der Waals surface area (Å²) in [5.41, 5.74) is 7.64. The van der Waals surface area contributed by atoms with Crippen molar-refractivity contribution < 1.29 is 9.47 Å². The van der Waals surface area contributed by atoms with Crippen LogP contribution in [0.3, 0.4) is 0 Å². The smallest absolute Gasteiger partial charge is 0.126 e. The van der Waals surface area contributed by atoms with E-state index in [0.717, 1.165) is 11.5 Å². The first-order valence-corrected chi connectivity index (χ1v) is 17.2. The molecule has 0 bridgehead atoms. The summed E-state index contributed by atoms with van der Waals surface area (Å²) in [6, 6.07) is 9.42. The van der Waals surface area contributed by atoms with E-state index < -0.39 is 0 Å². The van der Waals surface area contributed by atoms with E-state index in [0.29, 0.717) is 5.92 Å². The first-order valence-electron chi connectivity index (χ1n) is 17.2. The van der Waals surface area contributed by atoms with Gasteiger partial charge in [0.05, 0.1) is 14.2 Å². The van der Waals surface area contributed by atoms with Crippen LogP contribution >= 0.6 is 0 Å². The molecule has 0 heterocycles.